The predicted octanol–water partition coefficient (Wildman–Crippen LogP) is 13.1. The van der Waals surface area contributed by atoms with Gasteiger partial charge in [-0.15, -0.1) is 0 Å². The van der Waals surface area contributed by atoms with Crippen molar-refractivity contribution in [2.45, 2.75) is 206 Å². The number of hydrogen-bond donors (Lipinski definition) is 2. The minimum Gasteiger partial charge on any atom is -0.462 e. The van der Waals surface area contributed by atoms with Gasteiger partial charge < -0.3 is 20.1 Å². The van der Waals surface area contributed by atoms with Gasteiger partial charge in [0.25, 0.3) is 0 Å². The minimum atomic E-state index is -4.38. The summed E-state index contributed by atoms with van der Waals surface area (Å²) in [5, 5.41) is 0. The van der Waals surface area contributed by atoms with Gasteiger partial charge in [0, 0.05) is 19.4 Å². The Hall–Kier alpha value is -2.03. The fourth-order valence-electron chi connectivity index (χ4n) is 6.06. The highest BCUT2D eigenvalue weighted by atomic mass is 31.2. The zero-order valence-corrected chi connectivity index (χ0v) is 36.8. The van der Waals surface area contributed by atoms with Crippen LogP contribution in [0.2, 0.25) is 0 Å². The van der Waals surface area contributed by atoms with Crippen molar-refractivity contribution < 1.29 is 37.6 Å². The van der Waals surface area contributed by atoms with Gasteiger partial charge in [0.2, 0.25) is 0 Å². The molecular weight excluding hydrogens is 725 g/mol. The van der Waals surface area contributed by atoms with E-state index >= 15 is 0 Å². The lowest BCUT2D eigenvalue weighted by Crippen LogP contribution is -2.29. The summed E-state index contributed by atoms with van der Waals surface area (Å²) < 4.78 is 32.7. The molecule has 3 N–H and O–H groups in total. The fourth-order valence-corrected chi connectivity index (χ4v) is 6.82. The van der Waals surface area contributed by atoms with E-state index in [1.165, 1.54) is 83.5 Å². The molecule has 0 saturated carbocycles. The Morgan fingerprint density at radius 1 is 0.536 bits per heavy atom. The largest absolute Gasteiger partial charge is 0.472 e. The van der Waals surface area contributed by atoms with E-state index in [0.717, 1.165) is 83.5 Å². The van der Waals surface area contributed by atoms with Gasteiger partial charge in [-0.1, -0.05) is 165 Å². The molecule has 0 heterocycles. The molecule has 0 aromatic heterocycles. The zero-order valence-electron chi connectivity index (χ0n) is 35.9. The molecule has 0 aromatic carbocycles. The van der Waals surface area contributed by atoms with Crippen molar-refractivity contribution in [3.05, 3.63) is 48.6 Å². The van der Waals surface area contributed by atoms with E-state index < -0.39 is 32.5 Å². The Morgan fingerprint density at radius 2 is 0.964 bits per heavy atom. The molecule has 326 valence electrons. The lowest BCUT2D eigenvalue weighted by molar-refractivity contribution is -0.161. The van der Waals surface area contributed by atoms with Crippen molar-refractivity contribution in [3.63, 3.8) is 0 Å². The van der Waals surface area contributed by atoms with Crippen LogP contribution in [0.25, 0.3) is 0 Å². The van der Waals surface area contributed by atoms with Gasteiger partial charge in [0.05, 0.1) is 13.2 Å². The normalized spacial score (nSPS) is 13.7. The number of phosphoric acid groups is 1. The summed E-state index contributed by atoms with van der Waals surface area (Å²) in [4.78, 5) is 34.8. The number of nitrogens with two attached hydrogens (primary N) is 1. The number of esters is 2. The third kappa shape index (κ3) is 41.6. The number of phosphoric ester groups is 1. The molecule has 56 heavy (non-hydrogen) atoms. The SMILES string of the molecule is CCC/C=C\CCCCCCCC(=O)OCC(COP(=O)(O)OCCN)OC(=O)CCCCCCCCCCCC/C=C\C/C=C\C/C=C\CCCCCCC. The number of carbonyl (C=O) groups excluding carboxylic acids is 2. The second-order valence-corrected chi connectivity index (χ2v) is 16.4. The number of carbonyl (C=O) groups is 2. The van der Waals surface area contributed by atoms with Gasteiger partial charge in [-0.2, -0.15) is 0 Å². The smallest absolute Gasteiger partial charge is 0.462 e. The van der Waals surface area contributed by atoms with Crippen LogP contribution in [0.15, 0.2) is 48.6 Å². The van der Waals surface area contributed by atoms with Crippen LogP contribution in [0.4, 0.5) is 0 Å². The summed E-state index contributed by atoms with van der Waals surface area (Å²) >= 11 is 0. The predicted molar refractivity (Wildman–Crippen MR) is 233 cm³/mol. The van der Waals surface area contributed by atoms with Gasteiger partial charge >= 0.3 is 19.8 Å². The highest BCUT2D eigenvalue weighted by Gasteiger charge is 2.26. The van der Waals surface area contributed by atoms with Gasteiger partial charge in [0.15, 0.2) is 6.10 Å². The fraction of sp³-hybridized carbons (Fsp3) is 0.783. The van der Waals surface area contributed by atoms with E-state index in [4.69, 9.17) is 24.3 Å². The Bertz CT molecular complexity index is 1060. The van der Waals surface area contributed by atoms with Crippen molar-refractivity contribution in [3.8, 4) is 0 Å². The molecule has 0 rings (SSSR count). The van der Waals surface area contributed by atoms with E-state index in [2.05, 4.69) is 62.5 Å². The lowest BCUT2D eigenvalue weighted by Gasteiger charge is -2.19. The summed E-state index contributed by atoms with van der Waals surface area (Å²) in [7, 11) is -4.38. The molecule has 0 bridgehead atoms. The van der Waals surface area contributed by atoms with E-state index in [0.29, 0.717) is 6.42 Å². The van der Waals surface area contributed by atoms with Crippen molar-refractivity contribution in [2.75, 3.05) is 26.4 Å². The molecule has 0 saturated heterocycles. The monoisotopic (exact) mass is 810 g/mol. The molecule has 2 unspecified atom stereocenters. The maximum atomic E-state index is 12.6. The Labute approximate surface area is 343 Å². The molecule has 0 aliphatic carbocycles. The highest BCUT2D eigenvalue weighted by molar-refractivity contribution is 7.47. The summed E-state index contributed by atoms with van der Waals surface area (Å²) in [6.45, 7) is 3.64. The summed E-state index contributed by atoms with van der Waals surface area (Å²) in [6.07, 6.45) is 48.7. The van der Waals surface area contributed by atoms with Crippen LogP contribution in [0.1, 0.15) is 200 Å². The lowest BCUT2D eigenvalue weighted by atomic mass is 10.0. The van der Waals surface area contributed by atoms with Crippen LogP contribution in [-0.4, -0.2) is 49.3 Å². The van der Waals surface area contributed by atoms with Crippen LogP contribution < -0.4 is 5.73 Å². The van der Waals surface area contributed by atoms with Crippen molar-refractivity contribution in [2.24, 2.45) is 5.73 Å². The van der Waals surface area contributed by atoms with Gasteiger partial charge in [-0.05, 0) is 70.6 Å². The number of hydrogen-bond acceptors (Lipinski definition) is 8. The standard InChI is InChI=1S/C46H84NO8P/c1-3-5-7-9-11-13-15-16-17-18-19-20-21-22-23-24-25-26-27-28-29-31-33-35-37-39-46(49)55-44(43-54-56(50,51)53-41-40-47)42-52-45(48)38-36-34-32-30-14-12-10-8-6-4-2/h8,10,15-16,18-19,21-22,44H,3-7,9,11-14,17,20,23-43,47H2,1-2H3,(H,50,51)/b10-8-,16-15-,19-18-,22-21-. The van der Waals surface area contributed by atoms with E-state index in [9.17, 15) is 19.0 Å². The maximum absolute atomic E-state index is 12.6. The first-order valence-corrected chi connectivity index (χ1v) is 24.1. The molecule has 0 aliphatic rings. The molecule has 0 amide bonds. The Morgan fingerprint density at radius 3 is 1.46 bits per heavy atom. The molecule has 0 aromatic rings. The highest BCUT2D eigenvalue weighted by Crippen LogP contribution is 2.43. The van der Waals surface area contributed by atoms with Crippen LogP contribution >= 0.6 is 7.82 Å². The van der Waals surface area contributed by atoms with Crippen molar-refractivity contribution in [1.82, 2.24) is 0 Å². The molecule has 0 radical (unpaired) electrons. The van der Waals surface area contributed by atoms with E-state index in [1.807, 2.05) is 0 Å². The number of allylic oxidation sites excluding steroid dienone is 8. The van der Waals surface area contributed by atoms with E-state index in [-0.39, 0.29) is 32.6 Å². The van der Waals surface area contributed by atoms with Crippen LogP contribution in [0.5, 0.6) is 0 Å². The molecule has 9 nitrogen and oxygen atoms in total. The number of unbranched alkanes of at least 4 members (excludes halogenated alkanes) is 21. The second-order valence-electron chi connectivity index (χ2n) is 14.9. The first kappa shape index (κ1) is 54.0. The average molecular weight is 810 g/mol. The van der Waals surface area contributed by atoms with Gasteiger partial charge in [0.1, 0.15) is 6.61 Å². The van der Waals surface area contributed by atoms with Gasteiger partial charge in [-0.3, -0.25) is 18.6 Å². The summed E-state index contributed by atoms with van der Waals surface area (Å²) in [5.74, 6) is -0.846. The molecular formula is C46H84NO8P. The summed E-state index contributed by atoms with van der Waals surface area (Å²) in [6, 6.07) is 0. The quantitative estimate of drug-likeness (QED) is 0.0267. The molecule has 0 fully saturated rings. The summed E-state index contributed by atoms with van der Waals surface area (Å²) in [5.41, 5.74) is 5.34. The maximum Gasteiger partial charge on any atom is 0.472 e. The van der Waals surface area contributed by atoms with Crippen LogP contribution in [0.3, 0.4) is 0 Å². The molecule has 0 aliphatic heterocycles. The van der Waals surface area contributed by atoms with Crippen LogP contribution in [-0.2, 0) is 32.7 Å². The van der Waals surface area contributed by atoms with Crippen molar-refractivity contribution >= 4 is 19.8 Å². The third-order valence-electron chi connectivity index (χ3n) is 9.42. The number of rotatable bonds is 42. The van der Waals surface area contributed by atoms with Crippen molar-refractivity contribution in [1.29, 1.82) is 0 Å². The van der Waals surface area contributed by atoms with Crippen LogP contribution in [0, 0.1) is 0 Å². The molecule has 0 spiro atoms. The minimum absolute atomic E-state index is 0.0504. The number of ether oxygens (including phenoxy) is 2. The van der Waals surface area contributed by atoms with E-state index in [1.54, 1.807) is 0 Å². The first-order chi connectivity index (χ1) is 27.3. The zero-order chi connectivity index (χ0) is 41.1. The second kappa shape index (κ2) is 42.6. The third-order valence-corrected chi connectivity index (χ3v) is 10.4. The average Bonchev–Trinajstić information content (AvgIpc) is 3.18. The molecule has 2 atom stereocenters. The van der Waals surface area contributed by atoms with Gasteiger partial charge in [-0.25, -0.2) is 4.57 Å². The Balaban J connectivity index is 4.04. The first-order valence-electron chi connectivity index (χ1n) is 22.6. The Kier molecular flexibility index (Phi) is 41.0. The topological polar surface area (TPSA) is 134 Å². The molecule has 10 heteroatoms.